The van der Waals surface area contributed by atoms with Gasteiger partial charge in [-0.05, 0) is 29.6 Å². The molecule has 2 aromatic heterocycles. The first-order valence-corrected chi connectivity index (χ1v) is 7.62. The van der Waals surface area contributed by atoms with E-state index in [9.17, 15) is 0 Å². The van der Waals surface area contributed by atoms with Crippen LogP contribution in [0, 0.1) is 0 Å². The summed E-state index contributed by atoms with van der Waals surface area (Å²) in [4.78, 5) is 1.17. The molecule has 0 bridgehead atoms. The van der Waals surface area contributed by atoms with Crippen LogP contribution in [0.4, 0.5) is 5.69 Å². The van der Waals surface area contributed by atoms with E-state index in [4.69, 9.17) is 23.2 Å². The van der Waals surface area contributed by atoms with Crippen molar-refractivity contribution >= 4 is 40.2 Å². The molecular weight excluding hydrogens is 313 g/mol. The van der Waals surface area contributed by atoms with Crippen LogP contribution in [-0.2, 0) is 6.54 Å². The van der Waals surface area contributed by atoms with Crippen LogP contribution in [-0.4, -0.2) is 10.2 Å². The van der Waals surface area contributed by atoms with E-state index in [1.165, 1.54) is 4.88 Å². The van der Waals surface area contributed by atoms with Crippen LogP contribution in [0.15, 0.2) is 41.9 Å². The molecule has 3 aromatic rings. The SMILES string of the molecule is Clc1ccc(NCc2cn[nH]c2-c2cccs2)c(Cl)c1. The molecule has 2 N–H and O–H groups in total. The Labute approximate surface area is 130 Å². The van der Waals surface area contributed by atoms with E-state index in [-0.39, 0.29) is 0 Å². The van der Waals surface area contributed by atoms with Crippen LogP contribution < -0.4 is 5.32 Å². The number of H-pyrrole nitrogens is 1. The molecule has 6 heteroatoms. The van der Waals surface area contributed by atoms with Crippen molar-refractivity contribution in [2.45, 2.75) is 6.54 Å². The lowest BCUT2D eigenvalue weighted by molar-refractivity contribution is 1.10. The van der Waals surface area contributed by atoms with Gasteiger partial charge in [0.15, 0.2) is 0 Å². The van der Waals surface area contributed by atoms with E-state index in [1.54, 1.807) is 17.4 Å². The van der Waals surface area contributed by atoms with Gasteiger partial charge in [0.2, 0.25) is 0 Å². The van der Waals surface area contributed by atoms with Crippen LogP contribution in [0.25, 0.3) is 10.6 Å². The fourth-order valence-corrected chi connectivity index (χ4v) is 3.13. The Bertz CT molecular complexity index is 707. The highest BCUT2D eigenvalue weighted by atomic mass is 35.5. The van der Waals surface area contributed by atoms with Crippen LogP contribution in [0.1, 0.15) is 5.56 Å². The summed E-state index contributed by atoms with van der Waals surface area (Å²) in [7, 11) is 0. The minimum Gasteiger partial charge on any atom is -0.380 e. The molecule has 3 nitrogen and oxygen atoms in total. The lowest BCUT2D eigenvalue weighted by Gasteiger charge is -2.08. The van der Waals surface area contributed by atoms with Gasteiger partial charge in [-0.3, -0.25) is 5.10 Å². The summed E-state index contributed by atoms with van der Waals surface area (Å²) in [6.45, 7) is 0.644. The second-order valence-corrected chi connectivity index (χ2v) is 6.02. The van der Waals surface area contributed by atoms with Crippen molar-refractivity contribution in [1.29, 1.82) is 0 Å². The lowest BCUT2D eigenvalue weighted by Crippen LogP contribution is -2.00. The number of nitrogens with one attached hydrogen (secondary N) is 2. The second kappa shape index (κ2) is 5.87. The molecule has 102 valence electrons. The smallest absolute Gasteiger partial charge is 0.0799 e. The Morgan fingerprint density at radius 1 is 1.25 bits per heavy atom. The van der Waals surface area contributed by atoms with Crippen LogP contribution in [0.5, 0.6) is 0 Å². The van der Waals surface area contributed by atoms with E-state index in [0.717, 1.165) is 16.9 Å². The van der Waals surface area contributed by atoms with Gasteiger partial charge < -0.3 is 5.32 Å². The molecular formula is C14H11Cl2N3S. The third-order valence-corrected chi connectivity index (χ3v) is 4.32. The predicted octanol–water partition coefficient (Wildman–Crippen LogP) is 5.06. The van der Waals surface area contributed by atoms with E-state index < -0.39 is 0 Å². The van der Waals surface area contributed by atoms with Crippen molar-refractivity contribution in [1.82, 2.24) is 10.2 Å². The quantitative estimate of drug-likeness (QED) is 0.704. The predicted molar refractivity (Wildman–Crippen MR) is 85.7 cm³/mol. The van der Waals surface area contributed by atoms with Gasteiger partial charge in [-0.15, -0.1) is 11.3 Å². The molecule has 3 rings (SSSR count). The zero-order valence-corrected chi connectivity index (χ0v) is 12.7. The Hall–Kier alpha value is -1.49. The standard InChI is InChI=1S/C14H11Cl2N3S/c15-10-3-4-12(11(16)6-10)17-7-9-8-18-19-14(9)13-2-1-5-20-13/h1-6,8,17H,7H2,(H,18,19). The summed E-state index contributed by atoms with van der Waals surface area (Å²) >= 11 is 13.7. The fraction of sp³-hybridized carbons (Fsp3) is 0.0714. The molecule has 0 saturated heterocycles. The zero-order valence-electron chi connectivity index (χ0n) is 10.4. The monoisotopic (exact) mass is 323 g/mol. The number of halogens is 2. The highest BCUT2D eigenvalue weighted by molar-refractivity contribution is 7.13. The van der Waals surface area contributed by atoms with Crippen LogP contribution in [0.3, 0.4) is 0 Å². The third-order valence-electron chi connectivity index (χ3n) is 2.89. The molecule has 0 amide bonds. The average Bonchev–Trinajstić information content (AvgIpc) is 3.08. The summed E-state index contributed by atoms with van der Waals surface area (Å²) in [5.41, 5.74) is 2.99. The summed E-state index contributed by atoms with van der Waals surface area (Å²) < 4.78 is 0. The number of nitrogens with zero attached hydrogens (tertiary/aromatic N) is 1. The molecule has 2 heterocycles. The number of benzene rings is 1. The number of rotatable bonds is 4. The number of anilines is 1. The van der Waals surface area contributed by atoms with Crippen molar-refractivity contribution in [3.8, 4) is 10.6 Å². The van der Waals surface area contributed by atoms with Gasteiger partial charge in [0.1, 0.15) is 0 Å². The maximum absolute atomic E-state index is 6.14. The third kappa shape index (κ3) is 2.82. The highest BCUT2D eigenvalue weighted by Crippen LogP contribution is 2.28. The molecule has 0 unspecified atom stereocenters. The molecule has 0 aliphatic carbocycles. The number of hydrogen-bond donors (Lipinski definition) is 2. The molecule has 0 radical (unpaired) electrons. The lowest BCUT2D eigenvalue weighted by atomic mass is 10.2. The molecule has 0 aliphatic rings. The summed E-state index contributed by atoms with van der Waals surface area (Å²) in [5, 5.41) is 13.7. The first kappa shape index (κ1) is 13.5. The van der Waals surface area contributed by atoms with Crippen molar-refractivity contribution in [2.75, 3.05) is 5.32 Å². The van der Waals surface area contributed by atoms with Crippen molar-refractivity contribution in [3.63, 3.8) is 0 Å². The van der Waals surface area contributed by atoms with Gasteiger partial charge in [-0.1, -0.05) is 29.3 Å². The number of hydrogen-bond acceptors (Lipinski definition) is 3. The van der Waals surface area contributed by atoms with Crippen molar-refractivity contribution in [3.05, 3.63) is 57.5 Å². The number of aromatic nitrogens is 2. The van der Waals surface area contributed by atoms with Crippen LogP contribution >= 0.6 is 34.5 Å². The Morgan fingerprint density at radius 2 is 2.15 bits per heavy atom. The van der Waals surface area contributed by atoms with Gasteiger partial charge in [-0.2, -0.15) is 5.10 Å². The maximum Gasteiger partial charge on any atom is 0.0799 e. The summed E-state index contributed by atoms with van der Waals surface area (Å²) in [6.07, 6.45) is 1.83. The zero-order chi connectivity index (χ0) is 13.9. The highest BCUT2D eigenvalue weighted by Gasteiger charge is 2.09. The number of aromatic amines is 1. The average molecular weight is 324 g/mol. The van der Waals surface area contributed by atoms with E-state index in [2.05, 4.69) is 21.6 Å². The molecule has 1 aromatic carbocycles. The first-order valence-electron chi connectivity index (χ1n) is 5.99. The molecule has 20 heavy (non-hydrogen) atoms. The molecule has 0 spiro atoms. The summed E-state index contributed by atoms with van der Waals surface area (Å²) in [6, 6.07) is 9.49. The van der Waals surface area contributed by atoms with Gasteiger partial charge in [0, 0.05) is 17.1 Å². The fourth-order valence-electron chi connectivity index (χ4n) is 1.90. The molecule has 0 aliphatic heterocycles. The van der Waals surface area contributed by atoms with Crippen molar-refractivity contribution in [2.24, 2.45) is 0 Å². The largest absolute Gasteiger partial charge is 0.380 e. The van der Waals surface area contributed by atoms with E-state index >= 15 is 0 Å². The topological polar surface area (TPSA) is 40.7 Å². The van der Waals surface area contributed by atoms with E-state index in [1.807, 2.05) is 29.8 Å². The van der Waals surface area contributed by atoms with Gasteiger partial charge in [0.05, 0.1) is 27.5 Å². The minimum atomic E-state index is 0.610. The first-order chi connectivity index (χ1) is 9.74. The molecule has 0 saturated carbocycles. The summed E-state index contributed by atoms with van der Waals surface area (Å²) in [5.74, 6) is 0. The van der Waals surface area contributed by atoms with Crippen molar-refractivity contribution < 1.29 is 0 Å². The van der Waals surface area contributed by atoms with Gasteiger partial charge in [-0.25, -0.2) is 0 Å². The Balaban J connectivity index is 1.78. The second-order valence-electron chi connectivity index (χ2n) is 4.23. The minimum absolute atomic E-state index is 0.610. The van der Waals surface area contributed by atoms with Crippen LogP contribution in [0.2, 0.25) is 10.0 Å². The van der Waals surface area contributed by atoms with Gasteiger partial charge in [0.25, 0.3) is 0 Å². The Kier molecular flexibility index (Phi) is 3.96. The van der Waals surface area contributed by atoms with Gasteiger partial charge >= 0.3 is 0 Å². The molecule has 0 fully saturated rings. The number of thiophene rings is 1. The molecule has 0 atom stereocenters. The maximum atomic E-state index is 6.14. The normalized spacial score (nSPS) is 10.7. The van der Waals surface area contributed by atoms with E-state index in [0.29, 0.717) is 16.6 Å². The Morgan fingerprint density at radius 3 is 2.90 bits per heavy atom.